The van der Waals surface area contributed by atoms with Crippen molar-refractivity contribution in [1.29, 1.82) is 0 Å². The van der Waals surface area contributed by atoms with Crippen molar-refractivity contribution in [3.63, 3.8) is 0 Å². The number of carbonyl (C=O) groups is 2. The molecule has 0 saturated carbocycles. The number of hydrogen-bond acceptors (Lipinski definition) is 7. The van der Waals surface area contributed by atoms with Gasteiger partial charge in [-0.05, 0) is 42.0 Å². The summed E-state index contributed by atoms with van der Waals surface area (Å²) >= 11 is 0. The molecule has 8 nitrogen and oxygen atoms in total. The fourth-order valence-electron chi connectivity index (χ4n) is 2.91. The molecule has 0 saturated heterocycles. The van der Waals surface area contributed by atoms with Crippen LogP contribution in [0.4, 0.5) is 8.78 Å². The Kier molecular flexibility index (Phi) is 8.00. The Morgan fingerprint density at radius 2 is 1.68 bits per heavy atom. The molecule has 2 aromatic carbocycles. The van der Waals surface area contributed by atoms with Crippen LogP contribution in [0.5, 0.6) is 5.75 Å². The monoisotopic (exact) mass is 493 g/mol. The number of nitrogens with zero attached hydrogens (tertiary/aromatic N) is 1. The van der Waals surface area contributed by atoms with Crippen molar-refractivity contribution in [2.24, 2.45) is 0 Å². The van der Waals surface area contributed by atoms with Gasteiger partial charge >= 0.3 is 12.6 Å². The van der Waals surface area contributed by atoms with E-state index in [0.29, 0.717) is 5.56 Å². The first-order valence-electron chi connectivity index (χ1n) is 9.95. The quantitative estimate of drug-likeness (QED) is 0.397. The predicted molar refractivity (Wildman–Crippen MR) is 116 cm³/mol. The Bertz CT molecular complexity index is 1230. The first kappa shape index (κ1) is 24.9. The molecule has 0 aliphatic heterocycles. The highest BCUT2D eigenvalue weighted by atomic mass is 32.2. The molecule has 0 radical (unpaired) electrons. The van der Waals surface area contributed by atoms with Gasteiger partial charge in [0.2, 0.25) is 5.76 Å². The predicted octanol–water partition coefficient (Wildman–Crippen LogP) is 3.67. The van der Waals surface area contributed by atoms with Gasteiger partial charge in [-0.3, -0.25) is 4.79 Å². The standard InChI is InChI=1S/C23H21F2NO7S/c1-26(13-16-7-9-17(10-8-16)33-23(24)25)21(27)14-31-22(28)20-12-11-18(32-20)15-34(29,30)19-5-3-2-4-6-19/h2-12,23H,13-15H2,1H3. The molecular formula is C23H21F2NO7S. The van der Waals surface area contributed by atoms with Crippen molar-refractivity contribution in [2.75, 3.05) is 13.7 Å². The van der Waals surface area contributed by atoms with Gasteiger partial charge in [-0.15, -0.1) is 0 Å². The number of hydrogen-bond donors (Lipinski definition) is 0. The van der Waals surface area contributed by atoms with E-state index in [2.05, 4.69) is 4.74 Å². The second-order valence-corrected chi connectivity index (χ2v) is 9.18. The fraction of sp³-hybridized carbons (Fsp3) is 0.217. The highest BCUT2D eigenvalue weighted by molar-refractivity contribution is 7.90. The van der Waals surface area contributed by atoms with Gasteiger partial charge in [0.15, 0.2) is 16.4 Å². The van der Waals surface area contributed by atoms with Crippen molar-refractivity contribution >= 4 is 21.7 Å². The van der Waals surface area contributed by atoms with Gasteiger partial charge in [0, 0.05) is 13.6 Å². The third-order valence-electron chi connectivity index (χ3n) is 4.62. The van der Waals surface area contributed by atoms with E-state index >= 15 is 0 Å². The molecule has 0 bridgehead atoms. The number of carbonyl (C=O) groups excluding carboxylic acids is 2. The lowest BCUT2D eigenvalue weighted by atomic mass is 10.2. The third-order valence-corrected chi connectivity index (χ3v) is 6.27. The van der Waals surface area contributed by atoms with Gasteiger partial charge < -0.3 is 18.8 Å². The number of benzene rings is 2. The number of furan rings is 1. The summed E-state index contributed by atoms with van der Waals surface area (Å²) in [5.74, 6) is -2.05. The summed E-state index contributed by atoms with van der Waals surface area (Å²) in [6.45, 7) is -3.35. The molecule has 0 aliphatic carbocycles. The average molecular weight is 493 g/mol. The number of ether oxygens (including phenoxy) is 2. The molecule has 1 heterocycles. The smallest absolute Gasteiger partial charge is 0.387 e. The Morgan fingerprint density at radius 3 is 2.32 bits per heavy atom. The van der Waals surface area contributed by atoms with E-state index in [1.807, 2.05) is 0 Å². The van der Waals surface area contributed by atoms with E-state index < -0.39 is 40.7 Å². The molecule has 0 N–H and O–H groups in total. The van der Waals surface area contributed by atoms with E-state index in [0.717, 1.165) is 0 Å². The molecule has 1 amide bonds. The first-order valence-corrected chi connectivity index (χ1v) is 11.6. The summed E-state index contributed by atoms with van der Waals surface area (Å²) in [4.78, 5) is 25.9. The van der Waals surface area contributed by atoms with Crippen LogP contribution in [0.3, 0.4) is 0 Å². The highest BCUT2D eigenvalue weighted by Gasteiger charge is 2.21. The molecule has 0 aliphatic rings. The Hall–Kier alpha value is -3.73. The van der Waals surface area contributed by atoms with Crippen molar-refractivity contribution < 1.29 is 40.7 Å². The van der Waals surface area contributed by atoms with E-state index in [9.17, 15) is 26.8 Å². The van der Waals surface area contributed by atoms with Crippen LogP contribution in [0.1, 0.15) is 21.9 Å². The van der Waals surface area contributed by atoms with Crippen molar-refractivity contribution in [3.8, 4) is 5.75 Å². The minimum absolute atomic E-state index is 0.00366. The largest absolute Gasteiger partial charge is 0.453 e. The Labute approximate surface area is 194 Å². The number of likely N-dealkylation sites (N-methyl/N-ethyl adjacent to an activating group) is 1. The number of rotatable bonds is 10. The van der Waals surface area contributed by atoms with Crippen LogP contribution >= 0.6 is 0 Å². The molecule has 3 aromatic rings. The molecule has 0 fully saturated rings. The maximum absolute atomic E-state index is 12.4. The molecule has 180 valence electrons. The Balaban J connectivity index is 1.50. The number of alkyl halides is 2. The summed E-state index contributed by atoms with van der Waals surface area (Å²) in [6.07, 6.45) is 0. The zero-order valence-corrected chi connectivity index (χ0v) is 18.8. The van der Waals surface area contributed by atoms with Crippen LogP contribution in [0.2, 0.25) is 0 Å². The lowest BCUT2D eigenvalue weighted by Gasteiger charge is -2.17. The average Bonchev–Trinajstić information content (AvgIpc) is 3.26. The minimum Gasteiger partial charge on any atom is -0.453 e. The summed E-state index contributed by atoms with van der Waals surface area (Å²) in [5.41, 5.74) is 0.652. The molecule has 0 atom stereocenters. The van der Waals surface area contributed by atoms with Crippen LogP contribution in [0, 0.1) is 0 Å². The van der Waals surface area contributed by atoms with Gasteiger partial charge in [-0.1, -0.05) is 30.3 Å². The molecule has 1 aromatic heterocycles. The van der Waals surface area contributed by atoms with Crippen LogP contribution < -0.4 is 4.74 Å². The van der Waals surface area contributed by atoms with E-state index in [1.165, 1.54) is 60.5 Å². The Morgan fingerprint density at radius 1 is 1.00 bits per heavy atom. The van der Waals surface area contributed by atoms with Gasteiger partial charge in [0.05, 0.1) is 4.90 Å². The van der Waals surface area contributed by atoms with Crippen molar-refractivity contribution in [1.82, 2.24) is 4.90 Å². The molecule has 0 spiro atoms. The van der Waals surface area contributed by atoms with Crippen LogP contribution in [0.15, 0.2) is 76.0 Å². The van der Waals surface area contributed by atoms with Crippen LogP contribution in [-0.2, 0) is 31.7 Å². The summed E-state index contributed by atoms with van der Waals surface area (Å²) in [6, 6.07) is 16.2. The second kappa shape index (κ2) is 10.9. The van der Waals surface area contributed by atoms with E-state index in [-0.39, 0.29) is 28.7 Å². The molecule has 34 heavy (non-hydrogen) atoms. The van der Waals surface area contributed by atoms with E-state index in [4.69, 9.17) is 9.15 Å². The maximum atomic E-state index is 12.4. The number of amides is 1. The van der Waals surface area contributed by atoms with Crippen LogP contribution in [0.25, 0.3) is 0 Å². The van der Waals surface area contributed by atoms with Crippen molar-refractivity contribution in [2.45, 2.75) is 23.8 Å². The fourth-order valence-corrected chi connectivity index (χ4v) is 4.18. The maximum Gasteiger partial charge on any atom is 0.387 e. The SMILES string of the molecule is CN(Cc1ccc(OC(F)F)cc1)C(=O)COC(=O)c1ccc(CS(=O)(=O)c2ccccc2)o1. The third kappa shape index (κ3) is 6.88. The lowest BCUT2D eigenvalue weighted by molar-refractivity contribution is -0.133. The minimum atomic E-state index is -3.65. The number of halogens is 2. The zero-order valence-electron chi connectivity index (χ0n) is 18.0. The number of sulfone groups is 1. The summed E-state index contributed by atoms with van der Waals surface area (Å²) in [5, 5.41) is 0. The number of esters is 1. The first-order chi connectivity index (χ1) is 16.1. The molecule has 3 rings (SSSR count). The highest BCUT2D eigenvalue weighted by Crippen LogP contribution is 2.19. The molecule has 11 heteroatoms. The van der Waals surface area contributed by atoms with Gasteiger partial charge in [0.1, 0.15) is 17.3 Å². The normalized spacial score (nSPS) is 11.3. The van der Waals surface area contributed by atoms with Gasteiger partial charge in [-0.2, -0.15) is 8.78 Å². The second-order valence-electron chi connectivity index (χ2n) is 7.19. The molecule has 0 unspecified atom stereocenters. The van der Waals surface area contributed by atoms with Crippen LogP contribution in [-0.4, -0.2) is 45.5 Å². The van der Waals surface area contributed by atoms with Gasteiger partial charge in [0.25, 0.3) is 5.91 Å². The topological polar surface area (TPSA) is 103 Å². The molecular weight excluding hydrogens is 472 g/mol. The van der Waals surface area contributed by atoms with Gasteiger partial charge in [-0.25, -0.2) is 13.2 Å². The lowest BCUT2D eigenvalue weighted by Crippen LogP contribution is -2.30. The zero-order chi connectivity index (χ0) is 24.7. The van der Waals surface area contributed by atoms with E-state index in [1.54, 1.807) is 18.2 Å². The van der Waals surface area contributed by atoms with Crippen molar-refractivity contribution in [3.05, 3.63) is 83.8 Å². The summed E-state index contributed by atoms with van der Waals surface area (Å²) < 4.78 is 63.8. The summed E-state index contributed by atoms with van der Waals surface area (Å²) in [7, 11) is -2.17.